The van der Waals surface area contributed by atoms with Gasteiger partial charge in [-0.15, -0.1) is 0 Å². The van der Waals surface area contributed by atoms with Crippen LogP contribution < -0.4 is 15.4 Å². The van der Waals surface area contributed by atoms with E-state index in [0.717, 1.165) is 16.8 Å². The topological polar surface area (TPSA) is 33.3 Å². The van der Waals surface area contributed by atoms with Gasteiger partial charge in [0.2, 0.25) is 6.43 Å². The van der Waals surface area contributed by atoms with Gasteiger partial charge in [0.05, 0.1) is 0 Å². The van der Waals surface area contributed by atoms with E-state index in [1.54, 1.807) is 30.5 Å². The molecule has 3 rings (SSSR count). The van der Waals surface area contributed by atoms with Gasteiger partial charge in [-0.3, -0.25) is 0 Å². The maximum Gasteiger partial charge on any atom is 0.240 e. The van der Waals surface area contributed by atoms with E-state index in [1.165, 1.54) is 6.07 Å². The standard InChI is InChI=1S/C21H23F3N2O/c1-13-3-6-18(7-4-13)27-20-8-5-15(9-19(20)22)14(2)26-17-10-16(25-12-17)11-21(23)24/h3-9,12,14,16,21,25-26H,10-11H2,1-2H3/t14?,16-/m0/s1. The average Bonchev–Trinajstić information content (AvgIpc) is 3.04. The van der Waals surface area contributed by atoms with E-state index in [-0.39, 0.29) is 24.3 Å². The van der Waals surface area contributed by atoms with Crippen LogP contribution in [0.5, 0.6) is 11.5 Å². The van der Waals surface area contributed by atoms with E-state index >= 15 is 0 Å². The Morgan fingerprint density at radius 1 is 1.19 bits per heavy atom. The lowest BCUT2D eigenvalue weighted by molar-refractivity contribution is 0.126. The summed E-state index contributed by atoms with van der Waals surface area (Å²) in [6.07, 6.45) is -0.293. The van der Waals surface area contributed by atoms with Crippen LogP contribution in [0.1, 0.15) is 36.9 Å². The first-order chi connectivity index (χ1) is 12.9. The van der Waals surface area contributed by atoms with Crippen LogP contribution in [0.4, 0.5) is 13.2 Å². The normalized spacial score (nSPS) is 17.4. The molecule has 1 aliphatic rings. The fraction of sp³-hybridized carbons (Fsp3) is 0.333. The highest BCUT2D eigenvalue weighted by Crippen LogP contribution is 2.28. The molecule has 0 bridgehead atoms. The highest BCUT2D eigenvalue weighted by molar-refractivity contribution is 5.36. The first-order valence-corrected chi connectivity index (χ1v) is 8.94. The molecule has 27 heavy (non-hydrogen) atoms. The number of ether oxygens (including phenoxy) is 1. The molecule has 0 saturated heterocycles. The summed E-state index contributed by atoms with van der Waals surface area (Å²) in [6.45, 7) is 3.87. The maximum atomic E-state index is 14.4. The fourth-order valence-corrected chi connectivity index (χ4v) is 3.03. The Morgan fingerprint density at radius 2 is 1.93 bits per heavy atom. The number of alkyl halides is 2. The zero-order chi connectivity index (χ0) is 19.4. The number of hydrogen-bond donors (Lipinski definition) is 2. The van der Waals surface area contributed by atoms with Crippen LogP contribution in [0, 0.1) is 12.7 Å². The summed E-state index contributed by atoms with van der Waals surface area (Å²) in [7, 11) is 0. The van der Waals surface area contributed by atoms with Crippen LogP contribution in [0.25, 0.3) is 0 Å². The average molecular weight is 376 g/mol. The van der Waals surface area contributed by atoms with Crippen molar-refractivity contribution >= 4 is 0 Å². The van der Waals surface area contributed by atoms with Crippen molar-refractivity contribution in [1.82, 2.24) is 10.6 Å². The third-order valence-electron chi connectivity index (χ3n) is 4.53. The summed E-state index contributed by atoms with van der Waals surface area (Å²) in [5.74, 6) is 0.287. The Kier molecular flexibility index (Phi) is 5.94. The number of aryl methyl sites for hydroxylation is 1. The van der Waals surface area contributed by atoms with Crippen molar-refractivity contribution in [3.8, 4) is 11.5 Å². The number of nitrogens with one attached hydrogen (secondary N) is 2. The highest BCUT2D eigenvalue weighted by atomic mass is 19.3. The van der Waals surface area contributed by atoms with E-state index in [2.05, 4.69) is 10.6 Å². The van der Waals surface area contributed by atoms with Crippen molar-refractivity contribution in [2.75, 3.05) is 0 Å². The third kappa shape index (κ3) is 5.18. The van der Waals surface area contributed by atoms with Gasteiger partial charge in [-0.2, -0.15) is 0 Å². The summed E-state index contributed by atoms with van der Waals surface area (Å²) < 4.78 is 45.0. The van der Waals surface area contributed by atoms with Crippen LogP contribution in [0.3, 0.4) is 0 Å². The van der Waals surface area contributed by atoms with Gasteiger partial charge in [-0.1, -0.05) is 23.8 Å². The smallest absolute Gasteiger partial charge is 0.240 e. The summed E-state index contributed by atoms with van der Waals surface area (Å²) in [4.78, 5) is 0. The molecule has 1 unspecified atom stereocenters. The molecule has 6 heteroatoms. The Morgan fingerprint density at radius 3 is 2.59 bits per heavy atom. The van der Waals surface area contributed by atoms with Gasteiger partial charge in [0.1, 0.15) is 5.75 Å². The first kappa shape index (κ1) is 19.1. The van der Waals surface area contributed by atoms with Crippen LogP contribution in [-0.2, 0) is 0 Å². The lowest BCUT2D eigenvalue weighted by atomic mass is 10.1. The molecule has 0 saturated carbocycles. The number of rotatable bonds is 7. The minimum absolute atomic E-state index is 0.161. The minimum atomic E-state index is -2.33. The summed E-state index contributed by atoms with van der Waals surface area (Å²) in [6, 6.07) is 11.8. The van der Waals surface area contributed by atoms with Crippen LogP contribution in [0.2, 0.25) is 0 Å². The summed E-state index contributed by atoms with van der Waals surface area (Å²) >= 11 is 0. The van der Waals surface area contributed by atoms with E-state index in [1.807, 2.05) is 26.0 Å². The molecule has 2 aromatic rings. The largest absolute Gasteiger partial charge is 0.454 e. The van der Waals surface area contributed by atoms with E-state index < -0.39 is 12.2 Å². The second-order valence-electron chi connectivity index (χ2n) is 6.84. The van der Waals surface area contributed by atoms with Gasteiger partial charge in [0, 0.05) is 36.8 Å². The molecule has 0 fully saturated rings. The van der Waals surface area contributed by atoms with Gasteiger partial charge in [0.15, 0.2) is 11.6 Å². The molecule has 2 atom stereocenters. The van der Waals surface area contributed by atoms with E-state index in [9.17, 15) is 13.2 Å². The number of hydrogen-bond acceptors (Lipinski definition) is 3. The Labute approximate surface area is 157 Å². The van der Waals surface area contributed by atoms with Gasteiger partial charge in [-0.05, 0) is 43.7 Å². The van der Waals surface area contributed by atoms with Gasteiger partial charge < -0.3 is 15.4 Å². The summed E-state index contributed by atoms with van der Waals surface area (Å²) in [5, 5.41) is 6.20. The number of halogens is 3. The predicted octanol–water partition coefficient (Wildman–Crippen LogP) is 5.44. The second kappa shape index (κ2) is 8.37. The lowest BCUT2D eigenvalue weighted by Gasteiger charge is -2.18. The third-order valence-corrected chi connectivity index (χ3v) is 4.53. The van der Waals surface area contributed by atoms with Crippen LogP contribution in [0.15, 0.2) is 54.4 Å². The molecule has 0 radical (unpaired) electrons. The van der Waals surface area contributed by atoms with Crippen molar-refractivity contribution in [2.24, 2.45) is 0 Å². The SMILES string of the molecule is Cc1ccc(Oc2ccc(C(C)NC3=CN[C@H](CC(F)F)C3)cc2F)cc1. The fourth-order valence-electron chi connectivity index (χ4n) is 3.03. The zero-order valence-corrected chi connectivity index (χ0v) is 15.3. The molecule has 3 nitrogen and oxygen atoms in total. The molecule has 1 heterocycles. The van der Waals surface area contributed by atoms with Crippen molar-refractivity contribution < 1.29 is 17.9 Å². The number of benzene rings is 2. The molecule has 144 valence electrons. The van der Waals surface area contributed by atoms with Crippen molar-refractivity contribution in [3.05, 3.63) is 71.3 Å². The molecule has 1 aliphatic heterocycles. The van der Waals surface area contributed by atoms with Gasteiger partial charge in [0.25, 0.3) is 0 Å². The van der Waals surface area contributed by atoms with Gasteiger partial charge in [-0.25, -0.2) is 13.2 Å². The first-order valence-electron chi connectivity index (χ1n) is 8.94. The monoisotopic (exact) mass is 376 g/mol. The Hall–Kier alpha value is -2.63. The van der Waals surface area contributed by atoms with E-state index in [0.29, 0.717) is 12.2 Å². The predicted molar refractivity (Wildman–Crippen MR) is 99.4 cm³/mol. The molecular formula is C21H23F3N2O. The van der Waals surface area contributed by atoms with E-state index in [4.69, 9.17) is 4.74 Å². The molecule has 0 aliphatic carbocycles. The zero-order valence-electron chi connectivity index (χ0n) is 15.3. The Balaban J connectivity index is 1.60. The highest BCUT2D eigenvalue weighted by Gasteiger charge is 2.21. The minimum Gasteiger partial charge on any atom is -0.454 e. The molecule has 0 amide bonds. The summed E-state index contributed by atoms with van der Waals surface area (Å²) in [5.41, 5.74) is 2.69. The van der Waals surface area contributed by atoms with Crippen molar-refractivity contribution in [3.63, 3.8) is 0 Å². The van der Waals surface area contributed by atoms with Gasteiger partial charge >= 0.3 is 0 Å². The second-order valence-corrected chi connectivity index (χ2v) is 6.84. The van der Waals surface area contributed by atoms with Crippen molar-refractivity contribution in [1.29, 1.82) is 0 Å². The molecule has 2 aromatic carbocycles. The molecule has 0 spiro atoms. The quantitative estimate of drug-likeness (QED) is 0.675. The van der Waals surface area contributed by atoms with Crippen LogP contribution >= 0.6 is 0 Å². The molecular weight excluding hydrogens is 353 g/mol. The maximum absolute atomic E-state index is 14.4. The van der Waals surface area contributed by atoms with Crippen molar-refractivity contribution in [2.45, 2.75) is 45.2 Å². The molecule has 0 aromatic heterocycles. The molecule has 2 N–H and O–H groups in total. The lowest BCUT2D eigenvalue weighted by Crippen LogP contribution is -2.23. The van der Waals surface area contributed by atoms with Crippen LogP contribution in [-0.4, -0.2) is 12.5 Å². The Bertz CT molecular complexity index is 806.